The quantitative estimate of drug-likeness (QED) is 0.0209. The molecule has 114 heavy (non-hydrogen) atoms. The minimum atomic E-state index is -4.18. The molecule has 5 heterocycles. The van der Waals surface area contributed by atoms with E-state index in [9.17, 15) is 86.7 Å². The van der Waals surface area contributed by atoms with Gasteiger partial charge < -0.3 is 43.7 Å². The zero-order valence-corrected chi connectivity index (χ0v) is 68.0. The Morgan fingerprint density at radius 2 is 0.702 bits per heavy atom. The van der Waals surface area contributed by atoms with E-state index in [1.165, 1.54) is 145 Å². The lowest BCUT2D eigenvalue weighted by molar-refractivity contribution is -0.122. The highest BCUT2D eigenvalue weighted by Gasteiger charge is 2.41. The van der Waals surface area contributed by atoms with Crippen molar-refractivity contribution >= 4 is 168 Å². The molecule has 10 amide bonds. The second kappa shape index (κ2) is 46.6. The largest absolute Gasteiger partial charge is 0.508 e. The van der Waals surface area contributed by atoms with Crippen molar-refractivity contribution in [2.24, 2.45) is 5.73 Å². The third kappa shape index (κ3) is 31.4. The number of benzene rings is 6. The average molecular weight is 1720 g/mol. The summed E-state index contributed by atoms with van der Waals surface area (Å²) in [7, 11) is -6.84. The first-order valence-corrected chi connectivity index (χ1v) is 42.1. The van der Waals surface area contributed by atoms with Crippen LogP contribution in [0.5, 0.6) is 34.5 Å². The molecular formula is C72H83ClN8O27S6. The molecule has 35 nitrogen and oxygen atoms in total. The number of imide groups is 5. The Kier molecular flexibility index (Phi) is 39.1. The number of nitrogen functional groups attached to an aromatic ring is 1. The van der Waals surface area contributed by atoms with E-state index in [1.54, 1.807) is 42.5 Å². The van der Waals surface area contributed by atoms with Crippen LogP contribution in [0.15, 0.2) is 182 Å². The average Bonchev–Trinajstić information content (AvgIpc) is 1.64. The normalized spacial score (nSPS) is 15.5. The monoisotopic (exact) mass is 1720 g/mol. The van der Waals surface area contributed by atoms with Crippen LogP contribution >= 0.6 is 34.2 Å². The number of rotatable bonds is 25. The van der Waals surface area contributed by atoms with E-state index in [1.807, 2.05) is 20.9 Å². The fourth-order valence-electron chi connectivity index (χ4n) is 9.17. The van der Waals surface area contributed by atoms with E-state index >= 15 is 0 Å². The summed E-state index contributed by atoms with van der Waals surface area (Å²) in [6.07, 6.45) is 11.3. The lowest BCUT2D eigenvalue weighted by atomic mass is 10.3. The first-order chi connectivity index (χ1) is 53.8. The number of hydrogen-bond acceptors (Lipinski definition) is 32. The van der Waals surface area contributed by atoms with Crippen molar-refractivity contribution in [3.63, 3.8) is 0 Å². The smallest absolute Gasteiger partial charge is 0.448 e. The summed E-state index contributed by atoms with van der Waals surface area (Å²) >= 11 is 2.91. The van der Waals surface area contributed by atoms with E-state index in [0.717, 1.165) is 114 Å². The van der Waals surface area contributed by atoms with Gasteiger partial charge in [0.2, 0.25) is 23.6 Å². The SMILES string of the molecule is CCCN.CCCNC.CCCSC1CC(=O)N(c2cccc(OS(=O)(=O)OC)c2)C1=O.CCCSC1CC(=O)N(c2cccc(OS(=O)(=O)OC)c2)C1=O.COS(=O)(=O)Oc1cccc(N2C(=O)C=CC2=O)c1.Nc1cccc(O)c1.O=C1C=CC(=O)N1c1cccc(O)c1.O=C1C=CC(=O)N1c1cccc(OS(=O)(=O)Cl)c1. The van der Waals surface area contributed by atoms with Gasteiger partial charge in [0.25, 0.3) is 35.4 Å². The van der Waals surface area contributed by atoms with Crippen LogP contribution in [-0.4, -0.2) is 166 Å². The number of nitrogens with two attached hydrogens (primary N) is 2. The zero-order valence-electron chi connectivity index (χ0n) is 62.4. The predicted molar refractivity (Wildman–Crippen MR) is 427 cm³/mol. The topological polar surface area (TPSA) is 493 Å². The summed E-state index contributed by atoms with van der Waals surface area (Å²) in [4.78, 5) is 122. The second-order valence-electron chi connectivity index (χ2n) is 22.7. The zero-order chi connectivity index (χ0) is 85.1. The number of anilines is 6. The van der Waals surface area contributed by atoms with Crippen LogP contribution in [0, 0.1) is 0 Å². The van der Waals surface area contributed by atoms with Crippen molar-refractivity contribution < 1.29 is 121 Å². The molecular weight excluding hydrogens is 1640 g/mol. The number of thioether (sulfide) groups is 2. The van der Waals surface area contributed by atoms with Gasteiger partial charge in [0, 0.05) is 91.4 Å². The Bertz CT molecular complexity index is 4780. The number of phenolic OH excluding ortho intramolecular Hbond substituents is 2. The summed E-state index contributed by atoms with van der Waals surface area (Å²) in [6.45, 7) is 10.2. The molecule has 2 saturated heterocycles. The maximum absolute atomic E-state index is 12.4. The molecule has 5 aliphatic heterocycles. The van der Waals surface area contributed by atoms with Crippen molar-refractivity contribution in [1.82, 2.24) is 5.32 Å². The first-order valence-electron chi connectivity index (χ1n) is 33.7. The highest BCUT2D eigenvalue weighted by molar-refractivity contribution is 8.10. The van der Waals surface area contributed by atoms with Crippen molar-refractivity contribution in [1.29, 1.82) is 0 Å². The third-order valence-corrected chi connectivity index (χ3v) is 20.0. The van der Waals surface area contributed by atoms with Gasteiger partial charge in [-0.2, -0.15) is 33.7 Å². The number of carbonyl (C=O) groups excluding carboxylic acids is 10. The number of aromatic hydroxyl groups is 2. The lowest BCUT2D eigenvalue weighted by Gasteiger charge is -2.15. The molecule has 42 heteroatoms. The van der Waals surface area contributed by atoms with E-state index < -0.39 is 74.7 Å². The molecule has 0 aromatic heterocycles. The molecule has 11 rings (SSSR count). The van der Waals surface area contributed by atoms with Crippen molar-refractivity contribution in [3.8, 4) is 34.5 Å². The lowest BCUT2D eigenvalue weighted by Crippen LogP contribution is -2.31. The van der Waals surface area contributed by atoms with Gasteiger partial charge in [-0.05, 0) is 130 Å². The minimum Gasteiger partial charge on any atom is -0.508 e. The summed E-state index contributed by atoms with van der Waals surface area (Å²) < 4.78 is 120. The number of carbonyl (C=O) groups is 10. The number of nitrogens with one attached hydrogen (secondary N) is 1. The van der Waals surface area contributed by atoms with Crippen molar-refractivity contribution in [2.75, 3.05) is 83.2 Å². The minimum absolute atomic E-state index is 0.0231. The van der Waals surface area contributed by atoms with Gasteiger partial charge in [0.1, 0.15) is 34.5 Å². The van der Waals surface area contributed by atoms with Gasteiger partial charge in [0.15, 0.2) is 0 Å². The molecule has 0 aliphatic carbocycles. The molecule has 2 unspecified atom stereocenters. The molecule has 0 saturated carbocycles. The maximum Gasteiger partial charge on any atom is 0.448 e. The van der Waals surface area contributed by atoms with Gasteiger partial charge >= 0.3 is 40.5 Å². The Morgan fingerprint density at radius 1 is 0.421 bits per heavy atom. The first kappa shape index (κ1) is 95.8. The molecule has 0 spiro atoms. The predicted octanol–water partition coefficient (Wildman–Crippen LogP) is 7.59. The standard InChI is InChI=1S/2C14H17NO6S2.C11H9NO6S.C10H6ClNO5S.C10H7NO3.C6H7NO.C4H11N.C3H9N/c2*1-3-7-22-12-9-13(16)15(14(12)17)10-5-4-6-11(8-10)21-23(18,19)20-2;1-17-19(15,16)18-9-4-2-3-8(7-9)12-10(13)5-6-11(12)14;11-18(15,16)17-8-3-1-2-7(6-8)12-9(13)4-5-10(12)14;12-8-3-1-2-7(6-8)11-9(13)4-5-10(11)14;7-5-2-1-3-6(8)4-5;1-3-4-5-2;1-2-3-4/h2*4-6,8,12H,3,7,9H2,1-2H3;2-7H,1H3;1-6H;1-6,12H;1-4,8H,7H2;5H,3-4H2,1-2H3;2-4H2,1H3. The molecule has 6 aromatic rings. The fourth-order valence-corrected chi connectivity index (χ4v) is 13.0. The van der Waals surface area contributed by atoms with Crippen LogP contribution in [0.1, 0.15) is 66.2 Å². The van der Waals surface area contributed by atoms with Crippen LogP contribution in [0.25, 0.3) is 0 Å². The number of nitrogens with zero attached hydrogens (tertiary/aromatic N) is 5. The molecule has 7 N–H and O–H groups in total. The summed E-state index contributed by atoms with van der Waals surface area (Å²) in [5.74, 6) is -2.39. The number of halogens is 1. The Labute approximate surface area is 672 Å². The van der Waals surface area contributed by atoms with E-state index in [0.29, 0.717) is 11.4 Å². The van der Waals surface area contributed by atoms with Gasteiger partial charge in [-0.1, -0.05) is 64.1 Å². The van der Waals surface area contributed by atoms with Crippen LogP contribution < -0.4 is 58.0 Å². The molecule has 2 atom stereocenters. The van der Waals surface area contributed by atoms with Gasteiger partial charge in [0.05, 0.1) is 70.9 Å². The Hall–Kier alpha value is -10.6. The number of hydrogen-bond donors (Lipinski definition) is 5. The number of phenols is 2. The number of amides is 10. The maximum atomic E-state index is 12.4. The highest BCUT2D eigenvalue weighted by atomic mass is 35.7. The molecule has 0 bridgehead atoms. The third-order valence-electron chi connectivity index (χ3n) is 14.1. The molecule has 616 valence electrons. The summed E-state index contributed by atoms with van der Waals surface area (Å²) in [6, 6.07) is 35.0. The van der Waals surface area contributed by atoms with Crippen LogP contribution in [0.3, 0.4) is 0 Å². The summed E-state index contributed by atoms with van der Waals surface area (Å²) in [5, 5.41) is 20.1. The van der Waals surface area contributed by atoms with Gasteiger partial charge in [-0.25, -0.2) is 37.0 Å². The van der Waals surface area contributed by atoms with Gasteiger partial charge in [-0.15, -0.1) is 23.5 Å². The van der Waals surface area contributed by atoms with Gasteiger partial charge in [-0.3, -0.25) is 47.9 Å². The van der Waals surface area contributed by atoms with Crippen LogP contribution in [0.2, 0.25) is 0 Å². The Morgan fingerprint density at radius 3 is 0.939 bits per heavy atom. The Balaban J connectivity index is 0.000000287. The molecule has 6 aromatic carbocycles. The van der Waals surface area contributed by atoms with Crippen LogP contribution in [0.4, 0.5) is 34.1 Å². The molecule has 5 aliphatic rings. The van der Waals surface area contributed by atoms with E-state index in [-0.39, 0.29) is 106 Å². The fraction of sp³-hybridized carbons (Fsp3) is 0.278. The van der Waals surface area contributed by atoms with Crippen LogP contribution in [-0.2, 0) is 101 Å². The highest BCUT2D eigenvalue weighted by Crippen LogP contribution is 2.35. The van der Waals surface area contributed by atoms with Crippen molar-refractivity contribution in [2.45, 2.75) is 76.7 Å². The van der Waals surface area contributed by atoms with E-state index in [2.05, 4.69) is 40.1 Å². The second-order valence-corrected chi connectivity index (χ2v) is 31.4. The van der Waals surface area contributed by atoms with E-state index in [4.69, 9.17) is 35.6 Å². The molecule has 0 radical (unpaired) electrons. The van der Waals surface area contributed by atoms with Crippen molar-refractivity contribution in [3.05, 3.63) is 182 Å². The summed E-state index contributed by atoms with van der Waals surface area (Å²) in [5.41, 5.74) is 12.3. The molecule has 2 fully saturated rings.